The van der Waals surface area contributed by atoms with E-state index in [1.54, 1.807) is 50.2 Å². The molecule has 4 aromatic rings. The number of anilines is 1. The maximum absolute atomic E-state index is 13.5. The number of carbonyl (C=O) groups excluding carboxylic acids is 3. The van der Waals surface area contributed by atoms with Crippen molar-refractivity contribution in [3.8, 4) is 5.75 Å². The lowest BCUT2D eigenvalue weighted by Crippen LogP contribution is -2.48. The highest BCUT2D eigenvalue weighted by molar-refractivity contribution is 7.89. The van der Waals surface area contributed by atoms with Crippen LogP contribution in [0.3, 0.4) is 0 Å². The number of nitrogens with zero attached hydrogens (tertiary/aromatic N) is 3. The quantitative estimate of drug-likeness (QED) is 0.0502. The highest BCUT2D eigenvalue weighted by atomic mass is 32.2. The first-order valence-corrected chi connectivity index (χ1v) is 20.3. The Morgan fingerprint density at radius 1 is 0.932 bits per heavy atom. The first kappa shape index (κ1) is 43.7. The van der Waals surface area contributed by atoms with Gasteiger partial charge in [0.05, 0.1) is 23.7 Å². The van der Waals surface area contributed by atoms with Gasteiger partial charge in [-0.2, -0.15) is 9.45 Å². The van der Waals surface area contributed by atoms with Gasteiger partial charge in [-0.15, -0.1) is 0 Å². The van der Waals surface area contributed by atoms with E-state index in [0.29, 0.717) is 48.4 Å². The van der Waals surface area contributed by atoms with Crippen LogP contribution in [0.4, 0.5) is 10.5 Å². The zero-order valence-electron chi connectivity index (χ0n) is 32.6. The van der Waals surface area contributed by atoms with Crippen LogP contribution in [0, 0.1) is 13.8 Å². The fourth-order valence-electron chi connectivity index (χ4n) is 6.15. The number of carbonyl (C=O) groups is 4. The third-order valence-corrected chi connectivity index (χ3v) is 10.8. The van der Waals surface area contributed by atoms with Crippen LogP contribution in [0.5, 0.6) is 5.75 Å². The molecule has 0 bridgehead atoms. The van der Waals surface area contributed by atoms with Gasteiger partial charge >= 0.3 is 12.1 Å². The Morgan fingerprint density at radius 3 is 2.39 bits per heavy atom. The number of fused-ring (bicyclic) bond motifs is 1. The third-order valence-electron chi connectivity index (χ3n) is 8.98. The molecule has 2 heterocycles. The van der Waals surface area contributed by atoms with E-state index in [9.17, 15) is 37.9 Å². The van der Waals surface area contributed by atoms with Crippen molar-refractivity contribution in [2.45, 2.75) is 50.8 Å². The highest BCUT2D eigenvalue weighted by Crippen LogP contribution is 2.27. The van der Waals surface area contributed by atoms with Crippen LogP contribution in [-0.2, 0) is 37.5 Å². The Bertz CT molecular complexity index is 2280. The predicted molar refractivity (Wildman–Crippen MR) is 215 cm³/mol. The van der Waals surface area contributed by atoms with Crippen LogP contribution >= 0.6 is 0 Å². The Balaban J connectivity index is 1.04. The molecule has 18 nitrogen and oxygen atoms in total. The molecule has 3 amide bonds. The van der Waals surface area contributed by atoms with E-state index in [4.69, 9.17) is 9.47 Å². The SMILES string of the molecule is Cc1cc(OCCCC(=O)NCCNC(=O)OCc2ccccc2)cc(C)c1S(=O)(=O)N[C@@H](CNC(=O)c1ccc2c(c1)CN(CCN=c1ccccn1O)N2)C(=O)O. The maximum Gasteiger partial charge on any atom is 0.407 e. The van der Waals surface area contributed by atoms with E-state index < -0.39 is 40.6 Å². The molecule has 314 valence electrons. The van der Waals surface area contributed by atoms with Crippen LogP contribution in [0.1, 0.15) is 45.5 Å². The van der Waals surface area contributed by atoms with Crippen LogP contribution < -0.4 is 36.3 Å². The summed E-state index contributed by atoms with van der Waals surface area (Å²) < 4.78 is 41.0. The molecule has 0 aliphatic carbocycles. The lowest BCUT2D eigenvalue weighted by Gasteiger charge is -2.19. The second-order valence-electron chi connectivity index (χ2n) is 13.6. The van der Waals surface area contributed by atoms with E-state index in [-0.39, 0.29) is 49.1 Å². The summed E-state index contributed by atoms with van der Waals surface area (Å²) >= 11 is 0. The van der Waals surface area contributed by atoms with Gasteiger partial charge in [-0.3, -0.25) is 19.4 Å². The molecule has 1 atom stereocenters. The fraction of sp³-hybridized carbons (Fsp3) is 0.325. The van der Waals surface area contributed by atoms with Gasteiger partial charge in [-0.05, 0) is 85.0 Å². The molecule has 1 aliphatic rings. The van der Waals surface area contributed by atoms with E-state index in [0.717, 1.165) is 21.5 Å². The van der Waals surface area contributed by atoms with E-state index in [1.165, 1.54) is 18.3 Å². The van der Waals surface area contributed by atoms with Gasteiger partial charge in [0, 0.05) is 50.9 Å². The number of hydrogen-bond donors (Lipinski definition) is 7. The standard InChI is InChI=1S/C40H48N8O10S/c1-27-21-32(57-20-8-12-36(49)42-15-16-43-40(53)58-26-29-9-4-3-5-10-29)22-28(2)37(27)59(55,56)46-34(39(51)52)24-44-38(50)30-13-14-33-31(23-30)25-47(45-33)19-17-41-35-11-6-7-18-48(35)54/h3-7,9-11,13-14,18,21-23,34,45-46,54H,8,12,15-17,19-20,24-26H2,1-2H3,(H,42,49)(H,43,53)(H,44,50)(H,51,52)/t34-/m0/s1. The largest absolute Gasteiger partial charge is 0.494 e. The molecule has 0 radical (unpaired) electrons. The van der Waals surface area contributed by atoms with E-state index >= 15 is 0 Å². The van der Waals surface area contributed by atoms with Crippen LogP contribution in [0.25, 0.3) is 0 Å². The van der Waals surface area contributed by atoms with Crippen LogP contribution in [-0.4, -0.2) is 97.7 Å². The third kappa shape index (κ3) is 13.0. The summed E-state index contributed by atoms with van der Waals surface area (Å²) in [5.41, 5.74) is 7.01. The van der Waals surface area contributed by atoms with Crippen molar-refractivity contribution in [2.24, 2.45) is 4.99 Å². The second-order valence-corrected chi connectivity index (χ2v) is 15.2. The number of hydrazine groups is 1. The number of ether oxygens (including phenoxy) is 2. The topological polar surface area (TPSA) is 242 Å². The lowest BCUT2D eigenvalue weighted by atomic mass is 10.1. The zero-order chi connectivity index (χ0) is 42.4. The number of carboxylic acids is 1. The monoisotopic (exact) mass is 832 g/mol. The average Bonchev–Trinajstić information content (AvgIpc) is 3.61. The number of hydrogen-bond acceptors (Lipinski definition) is 12. The van der Waals surface area contributed by atoms with E-state index in [2.05, 4.69) is 31.1 Å². The molecule has 0 unspecified atom stereocenters. The lowest BCUT2D eigenvalue weighted by molar-refractivity contribution is -0.138. The molecule has 3 aromatic carbocycles. The minimum atomic E-state index is -4.37. The van der Waals surface area contributed by atoms with Crippen molar-refractivity contribution < 1.29 is 47.4 Å². The molecule has 5 rings (SSSR count). The highest BCUT2D eigenvalue weighted by Gasteiger charge is 2.29. The summed E-state index contributed by atoms with van der Waals surface area (Å²) in [4.78, 5) is 53.5. The number of aryl methyl sites for hydroxylation is 2. The summed E-state index contributed by atoms with van der Waals surface area (Å²) in [5, 5.41) is 29.4. The van der Waals surface area contributed by atoms with Gasteiger partial charge in [-0.1, -0.05) is 36.4 Å². The minimum Gasteiger partial charge on any atom is -0.494 e. The Labute approximate surface area is 341 Å². The van der Waals surface area contributed by atoms with Gasteiger partial charge in [0.15, 0.2) is 5.49 Å². The molecular formula is C40H48N8O10S. The second kappa shape index (κ2) is 20.8. The van der Waals surface area contributed by atoms with Gasteiger partial charge < -0.3 is 41.2 Å². The zero-order valence-corrected chi connectivity index (χ0v) is 33.5. The summed E-state index contributed by atoms with van der Waals surface area (Å²) in [7, 11) is -4.37. The molecule has 0 saturated carbocycles. The Morgan fingerprint density at radius 2 is 1.66 bits per heavy atom. The predicted octanol–water partition coefficient (Wildman–Crippen LogP) is 2.45. The van der Waals surface area contributed by atoms with Crippen molar-refractivity contribution in [2.75, 3.05) is 44.8 Å². The summed E-state index contributed by atoms with van der Waals surface area (Å²) in [5.74, 6) is -1.93. The summed E-state index contributed by atoms with van der Waals surface area (Å²) in [6.07, 6.45) is 1.41. The fourth-order valence-corrected chi connectivity index (χ4v) is 7.80. The summed E-state index contributed by atoms with van der Waals surface area (Å²) in [6, 6.07) is 20.7. The van der Waals surface area contributed by atoms with Crippen molar-refractivity contribution in [3.63, 3.8) is 0 Å². The van der Waals surface area contributed by atoms with Crippen molar-refractivity contribution in [1.82, 2.24) is 30.4 Å². The molecule has 7 N–H and O–H groups in total. The molecule has 1 aliphatic heterocycles. The maximum atomic E-state index is 13.5. The number of benzene rings is 3. The molecule has 0 fully saturated rings. The molecule has 1 aromatic heterocycles. The number of aromatic nitrogens is 1. The molecular weight excluding hydrogens is 785 g/mol. The minimum absolute atomic E-state index is 0.123. The number of alkyl carbamates (subject to hydrolysis) is 1. The Hall–Kier alpha value is -6.44. The first-order chi connectivity index (χ1) is 28.3. The van der Waals surface area contributed by atoms with E-state index in [1.807, 2.05) is 35.3 Å². The van der Waals surface area contributed by atoms with Crippen molar-refractivity contribution >= 4 is 39.6 Å². The van der Waals surface area contributed by atoms with Gasteiger partial charge in [0.2, 0.25) is 15.9 Å². The number of amides is 3. The first-order valence-electron chi connectivity index (χ1n) is 18.8. The van der Waals surface area contributed by atoms with Gasteiger partial charge in [-0.25, -0.2) is 18.2 Å². The van der Waals surface area contributed by atoms with Gasteiger partial charge in [0.25, 0.3) is 5.91 Å². The number of carboxylic acid groups (broad SMARTS) is 1. The molecule has 0 spiro atoms. The number of sulfonamides is 1. The smallest absolute Gasteiger partial charge is 0.407 e. The summed E-state index contributed by atoms with van der Waals surface area (Å²) in [6.45, 7) is 4.66. The van der Waals surface area contributed by atoms with Crippen LogP contribution in [0.15, 0.2) is 94.9 Å². The average molecular weight is 833 g/mol. The normalized spacial score (nSPS) is 13.2. The van der Waals surface area contributed by atoms with Gasteiger partial charge in [0.1, 0.15) is 18.4 Å². The Kier molecular flexibility index (Phi) is 15.4. The van der Waals surface area contributed by atoms with Crippen LogP contribution in [0.2, 0.25) is 0 Å². The van der Waals surface area contributed by atoms with Crippen molar-refractivity contribution in [1.29, 1.82) is 0 Å². The van der Waals surface area contributed by atoms with Crippen molar-refractivity contribution in [3.05, 3.63) is 118 Å². The number of rotatable bonds is 20. The molecule has 0 saturated heterocycles. The number of aliphatic carboxylic acids is 1. The number of nitrogens with one attached hydrogen (secondary N) is 5. The number of pyridine rings is 1. The molecule has 19 heteroatoms. The molecule has 59 heavy (non-hydrogen) atoms.